The van der Waals surface area contributed by atoms with E-state index >= 15 is 0 Å². The SMILES string of the molecule is O=C1CC[C@@H]2[C@@H]3C[C@H]([C@H]12)[C@H](Cl)C3. The highest BCUT2D eigenvalue weighted by atomic mass is 35.5. The van der Waals surface area contributed by atoms with Gasteiger partial charge in [-0.25, -0.2) is 0 Å². The summed E-state index contributed by atoms with van der Waals surface area (Å²) in [7, 11) is 0. The van der Waals surface area contributed by atoms with Crippen LogP contribution in [0.5, 0.6) is 0 Å². The summed E-state index contributed by atoms with van der Waals surface area (Å²) in [5.74, 6) is 2.98. The van der Waals surface area contributed by atoms with E-state index < -0.39 is 0 Å². The van der Waals surface area contributed by atoms with Crippen LogP contribution in [0.25, 0.3) is 0 Å². The number of rotatable bonds is 0. The van der Waals surface area contributed by atoms with Gasteiger partial charge in [-0.15, -0.1) is 11.6 Å². The summed E-state index contributed by atoms with van der Waals surface area (Å²) in [5.41, 5.74) is 0. The van der Waals surface area contributed by atoms with Gasteiger partial charge in [-0.3, -0.25) is 4.79 Å². The Morgan fingerprint density at radius 1 is 1.25 bits per heavy atom. The quantitative estimate of drug-likeness (QED) is 0.528. The van der Waals surface area contributed by atoms with E-state index in [1.165, 1.54) is 12.8 Å². The molecule has 0 saturated heterocycles. The topological polar surface area (TPSA) is 17.1 Å². The maximum atomic E-state index is 11.5. The molecule has 12 heavy (non-hydrogen) atoms. The molecular weight excluding hydrogens is 172 g/mol. The van der Waals surface area contributed by atoms with E-state index in [2.05, 4.69) is 0 Å². The number of alkyl halides is 1. The predicted molar refractivity (Wildman–Crippen MR) is 47.1 cm³/mol. The van der Waals surface area contributed by atoms with Crippen LogP contribution in [-0.2, 0) is 4.79 Å². The van der Waals surface area contributed by atoms with Crippen LogP contribution in [0.1, 0.15) is 25.7 Å². The molecule has 1 nitrogen and oxygen atoms in total. The molecule has 66 valence electrons. The van der Waals surface area contributed by atoms with Crippen molar-refractivity contribution in [2.45, 2.75) is 31.1 Å². The normalized spacial score (nSPS) is 56.4. The molecule has 5 atom stereocenters. The molecule has 0 unspecified atom stereocenters. The molecule has 3 rings (SSSR count). The van der Waals surface area contributed by atoms with Gasteiger partial charge in [0.1, 0.15) is 5.78 Å². The van der Waals surface area contributed by atoms with Gasteiger partial charge < -0.3 is 0 Å². The van der Waals surface area contributed by atoms with Gasteiger partial charge in [0.05, 0.1) is 0 Å². The zero-order valence-corrected chi connectivity index (χ0v) is 7.76. The number of Topliss-reactive ketones (excluding diaryl/α,β-unsaturated/α-hetero) is 1. The molecule has 2 heteroatoms. The van der Waals surface area contributed by atoms with E-state index in [1.54, 1.807) is 0 Å². The van der Waals surface area contributed by atoms with E-state index in [0.29, 0.717) is 23.0 Å². The van der Waals surface area contributed by atoms with Gasteiger partial charge in [0.25, 0.3) is 0 Å². The van der Waals surface area contributed by atoms with E-state index in [0.717, 1.165) is 24.7 Å². The van der Waals surface area contributed by atoms with Gasteiger partial charge in [0.2, 0.25) is 0 Å². The second kappa shape index (κ2) is 2.25. The first-order chi connectivity index (χ1) is 5.77. The molecule has 3 fully saturated rings. The van der Waals surface area contributed by atoms with Gasteiger partial charge in [0, 0.05) is 17.7 Å². The molecule has 0 spiro atoms. The van der Waals surface area contributed by atoms with Gasteiger partial charge in [0.15, 0.2) is 0 Å². The highest BCUT2D eigenvalue weighted by Gasteiger charge is 2.56. The van der Waals surface area contributed by atoms with Crippen molar-refractivity contribution in [3.63, 3.8) is 0 Å². The Labute approximate surface area is 77.5 Å². The summed E-state index contributed by atoms with van der Waals surface area (Å²) >= 11 is 6.19. The highest BCUT2D eigenvalue weighted by Crippen LogP contribution is 2.58. The minimum absolute atomic E-state index is 0.318. The van der Waals surface area contributed by atoms with Crippen molar-refractivity contribution < 1.29 is 4.79 Å². The molecule has 0 aliphatic heterocycles. The second-order valence-corrected chi connectivity index (χ2v) is 5.17. The van der Waals surface area contributed by atoms with E-state index in [-0.39, 0.29) is 0 Å². The molecule has 0 heterocycles. The Morgan fingerprint density at radius 2 is 2.08 bits per heavy atom. The monoisotopic (exact) mass is 184 g/mol. The fraction of sp³-hybridized carbons (Fsp3) is 0.900. The van der Waals surface area contributed by atoms with Crippen LogP contribution in [0.4, 0.5) is 0 Å². The fourth-order valence-electron chi connectivity index (χ4n) is 3.76. The van der Waals surface area contributed by atoms with Crippen LogP contribution in [0.15, 0.2) is 0 Å². The first-order valence-corrected chi connectivity index (χ1v) is 5.38. The lowest BCUT2D eigenvalue weighted by Gasteiger charge is -2.26. The number of carbonyl (C=O) groups excluding carboxylic acids is 1. The summed E-state index contributed by atoms with van der Waals surface area (Å²) in [4.78, 5) is 11.5. The van der Waals surface area contributed by atoms with Gasteiger partial charge in [-0.2, -0.15) is 0 Å². The molecule has 0 aromatic rings. The van der Waals surface area contributed by atoms with Crippen molar-refractivity contribution in [3.8, 4) is 0 Å². The Balaban J connectivity index is 1.95. The van der Waals surface area contributed by atoms with Crippen molar-refractivity contribution in [3.05, 3.63) is 0 Å². The smallest absolute Gasteiger partial charge is 0.136 e. The average Bonchev–Trinajstić information content (AvgIpc) is 2.62. The third-order valence-electron chi connectivity index (χ3n) is 4.19. The van der Waals surface area contributed by atoms with Crippen LogP contribution in [0.3, 0.4) is 0 Å². The summed E-state index contributed by atoms with van der Waals surface area (Å²) in [5, 5.41) is 0.318. The number of hydrogen-bond donors (Lipinski definition) is 0. The lowest BCUT2D eigenvalue weighted by atomic mass is 9.81. The Hall–Kier alpha value is -0.0400. The van der Waals surface area contributed by atoms with Crippen molar-refractivity contribution in [1.82, 2.24) is 0 Å². The zero-order chi connectivity index (χ0) is 8.29. The first kappa shape index (κ1) is 7.37. The maximum Gasteiger partial charge on any atom is 0.136 e. The molecule has 0 radical (unpaired) electrons. The third-order valence-corrected chi connectivity index (χ3v) is 4.69. The van der Waals surface area contributed by atoms with Crippen LogP contribution < -0.4 is 0 Å². The number of halogens is 1. The standard InChI is InChI=1S/C10H13ClO/c11-8-4-5-3-7(8)10-6(5)1-2-9(10)12/h5-8,10H,1-4H2/t5-,6-,7+,8-,10-/m1/s1. The first-order valence-electron chi connectivity index (χ1n) is 4.94. The summed E-state index contributed by atoms with van der Waals surface area (Å²) in [6, 6.07) is 0. The fourth-order valence-corrected chi connectivity index (χ4v) is 4.25. The van der Waals surface area contributed by atoms with Crippen LogP contribution in [-0.4, -0.2) is 11.2 Å². The number of hydrogen-bond acceptors (Lipinski definition) is 1. The average molecular weight is 185 g/mol. The van der Waals surface area contributed by atoms with Gasteiger partial charge in [-0.05, 0) is 37.0 Å². The van der Waals surface area contributed by atoms with Gasteiger partial charge >= 0.3 is 0 Å². The predicted octanol–water partition coefficient (Wildman–Crippen LogP) is 2.23. The molecule has 3 saturated carbocycles. The molecule has 0 aromatic carbocycles. The summed E-state index contributed by atoms with van der Waals surface area (Å²) in [6.07, 6.45) is 4.43. The number of fused-ring (bicyclic) bond motifs is 5. The van der Waals surface area contributed by atoms with Crippen molar-refractivity contribution in [2.24, 2.45) is 23.7 Å². The van der Waals surface area contributed by atoms with Gasteiger partial charge in [-0.1, -0.05) is 0 Å². The van der Waals surface area contributed by atoms with E-state index in [9.17, 15) is 4.79 Å². The minimum atomic E-state index is 0.318. The molecular formula is C10H13ClO. The highest BCUT2D eigenvalue weighted by molar-refractivity contribution is 6.21. The largest absolute Gasteiger partial charge is 0.299 e. The summed E-state index contributed by atoms with van der Waals surface area (Å²) < 4.78 is 0. The van der Waals surface area contributed by atoms with Crippen molar-refractivity contribution in [2.75, 3.05) is 0 Å². The third kappa shape index (κ3) is 0.736. The lowest BCUT2D eigenvalue weighted by molar-refractivity contribution is -0.122. The number of carbonyl (C=O) groups is 1. The molecule has 0 aromatic heterocycles. The second-order valence-electron chi connectivity index (χ2n) is 4.61. The molecule has 3 aliphatic rings. The molecule has 3 aliphatic carbocycles. The van der Waals surface area contributed by atoms with E-state index in [1.807, 2.05) is 0 Å². The van der Waals surface area contributed by atoms with Crippen LogP contribution >= 0.6 is 11.6 Å². The number of ketones is 1. The zero-order valence-electron chi connectivity index (χ0n) is 7.00. The molecule has 0 N–H and O–H groups in total. The van der Waals surface area contributed by atoms with Crippen LogP contribution in [0, 0.1) is 23.7 Å². The van der Waals surface area contributed by atoms with Crippen LogP contribution in [0.2, 0.25) is 0 Å². The Kier molecular flexibility index (Phi) is 1.39. The lowest BCUT2D eigenvalue weighted by Crippen LogP contribution is -2.28. The maximum absolute atomic E-state index is 11.5. The molecule has 2 bridgehead atoms. The Bertz CT molecular complexity index is 238. The molecule has 0 amide bonds. The summed E-state index contributed by atoms with van der Waals surface area (Å²) in [6.45, 7) is 0. The minimum Gasteiger partial charge on any atom is -0.299 e. The Morgan fingerprint density at radius 3 is 2.92 bits per heavy atom. The van der Waals surface area contributed by atoms with Crippen molar-refractivity contribution in [1.29, 1.82) is 0 Å². The van der Waals surface area contributed by atoms with Crippen molar-refractivity contribution >= 4 is 17.4 Å². The van der Waals surface area contributed by atoms with E-state index in [4.69, 9.17) is 11.6 Å².